The van der Waals surface area contributed by atoms with Gasteiger partial charge in [-0.15, -0.1) is 0 Å². The summed E-state index contributed by atoms with van der Waals surface area (Å²) in [7, 11) is -3.82. The van der Waals surface area contributed by atoms with E-state index in [9.17, 15) is 18.3 Å². The number of carbonyl (C=O) groups is 1. The molecule has 0 fully saturated rings. The summed E-state index contributed by atoms with van der Waals surface area (Å²) in [5.74, 6) is -1.33. The van der Waals surface area contributed by atoms with Crippen LogP contribution in [0, 0.1) is 0 Å². The maximum absolute atomic E-state index is 12.7. The monoisotopic (exact) mass is 382 g/mol. The molecule has 0 aliphatic carbocycles. The van der Waals surface area contributed by atoms with E-state index in [1.807, 2.05) is 30.3 Å². The second-order valence-corrected chi connectivity index (χ2v) is 7.95. The summed E-state index contributed by atoms with van der Waals surface area (Å²) in [5, 5.41) is 10.0. The van der Waals surface area contributed by atoms with Crippen molar-refractivity contribution in [3.8, 4) is 5.75 Å². The van der Waals surface area contributed by atoms with Crippen LogP contribution < -0.4 is 0 Å². The van der Waals surface area contributed by atoms with Crippen LogP contribution >= 0.6 is 0 Å². The molecule has 0 saturated carbocycles. The molecule has 0 aromatic heterocycles. The van der Waals surface area contributed by atoms with E-state index in [0.717, 1.165) is 11.6 Å². The lowest BCUT2D eigenvalue weighted by Gasteiger charge is -2.10. The molecule has 5 nitrogen and oxygen atoms in total. The van der Waals surface area contributed by atoms with Crippen LogP contribution in [0.4, 0.5) is 0 Å². The van der Waals surface area contributed by atoms with E-state index < -0.39 is 21.6 Å². The van der Waals surface area contributed by atoms with Crippen molar-refractivity contribution in [2.24, 2.45) is 0 Å². The summed E-state index contributed by atoms with van der Waals surface area (Å²) < 4.78 is 30.6. The van der Waals surface area contributed by atoms with E-state index >= 15 is 0 Å². The van der Waals surface area contributed by atoms with E-state index in [1.165, 1.54) is 12.1 Å². The Hall–Kier alpha value is -3.12. The Labute approximate surface area is 157 Å². The SMILES string of the molecule is O=C(OCc1ccccc1)c1ccc(O)c(S(=O)(=O)Cc2ccccc2)c1. The molecular formula is C21H18O5S. The van der Waals surface area contributed by atoms with Crippen LogP contribution in [-0.2, 0) is 26.9 Å². The summed E-state index contributed by atoms with van der Waals surface area (Å²) in [5.41, 5.74) is 1.48. The lowest BCUT2D eigenvalue weighted by molar-refractivity contribution is 0.0472. The molecule has 0 spiro atoms. The van der Waals surface area contributed by atoms with Crippen LogP contribution in [0.25, 0.3) is 0 Å². The van der Waals surface area contributed by atoms with Crippen molar-refractivity contribution in [1.82, 2.24) is 0 Å². The van der Waals surface area contributed by atoms with Crippen LogP contribution in [-0.4, -0.2) is 19.5 Å². The number of benzene rings is 3. The molecule has 0 bridgehead atoms. The van der Waals surface area contributed by atoms with E-state index in [-0.39, 0.29) is 22.8 Å². The molecule has 0 amide bonds. The molecule has 0 aliphatic heterocycles. The Morgan fingerprint density at radius 2 is 1.44 bits per heavy atom. The molecule has 0 aliphatic rings. The predicted octanol–water partition coefficient (Wildman–Crippen LogP) is 3.72. The second-order valence-electron chi connectivity index (χ2n) is 5.99. The van der Waals surface area contributed by atoms with E-state index in [0.29, 0.717) is 5.56 Å². The van der Waals surface area contributed by atoms with Crippen molar-refractivity contribution in [3.05, 3.63) is 95.6 Å². The molecule has 0 saturated heterocycles. The first-order valence-electron chi connectivity index (χ1n) is 8.26. The average Bonchev–Trinajstić information content (AvgIpc) is 2.67. The van der Waals surface area contributed by atoms with Gasteiger partial charge in [0.15, 0.2) is 9.84 Å². The Morgan fingerprint density at radius 3 is 2.07 bits per heavy atom. The number of sulfone groups is 1. The molecule has 1 N–H and O–H groups in total. The minimum Gasteiger partial charge on any atom is -0.507 e. The number of phenols is 1. The third kappa shape index (κ3) is 4.74. The van der Waals surface area contributed by atoms with Gasteiger partial charge in [0.25, 0.3) is 0 Å². The largest absolute Gasteiger partial charge is 0.507 e. The van der Waals surface area contributed by atoms with Gasteiger partial charge in [-0.25, -0.2) is 13.2 Å². The normalized spacial score (nSPS) is 11.1. The molecule has 0 unspecified atom stereocenters. The van der Waals surface area contributed by atoms with E-state index in [4.69, 9.17) is 4.74 Å². The Morgan fingerprint density at radius 1 is 0.852 bits per heavy atom. The van der Waals surface area contributed by atoms with Crippen molar-refractivity contribution in [2.45, 2.75) is 17.3 Å². The maximum Gasteiger partial charge on any atom is 0.338 e. The predicted molar refractivity (Wildman–Crippen MR) is 101 cm³/mol. The summed E-state index contributed by atoms with van der Waals surface area (Å²) in [4.78, 5) is 12.0. The fourth-order valence-corrected chi connectivity index (χ4v) is 4.05. The van der Waals surface area contributed by atoms with Crippen molar-refractivity contribution in [1.29, 1.82) is 0 Å². The molecule has 138 valence electrons. The van der Waals surface area contributed by atoms with Crippen molar-refractivity contribution in [3.63, 3.8) is 0 Å². The fraction of sp³-hybridized carbons (Fsp3) is 0.0952. The van der Waals surface area contributed by atoms with Crippen molar-refractivity contribution in [2.75, 3.05) is 0 Å². The van der Waals surface area contributed by atoms with Gasteiger partial charge in [-0.1, -0.05) is 60.7 Å². The zero-order chi connectivity index (χ0) is 19.3. The smallest absolute Gasteiger partial charge is 0.338 e. The van der Waals surface area contributed by atoms with Gasteiger partial charge in [0.05, 0.1) is 11.3 Å². The Balaban J connectivity index is 1.80. The first-order chi connectivity index (χ1) is 13.0. The van der Waals surface area contributed by atoms with Gasteiger partial charge in [-0.3, -0.25) is 0 Å². The minimum absolute atomic E-state index is 0.0652. The molecule has 27 heavy (non-hydrogen) atoms. The zero-order valence-corrected chi connectivity index (χ0v) is 15.2. The standard InChI is InChI=1S/C21H18O5S/c22-19-12-11-18(21(23)26-14-16-7-3-1-4-8-16)13-20(19)27(24,25)15-17-9-5-2-6-10-17/h1-13,22H,14-15H2. The number of hydrogen-bond donors (Lipinski definition) is 1. The van der Waals surface area contributed by atoms with Gasteiger partial charge in [0.2, 0.25) is 0 Å². The molecule has 0 heterocycles. The topological polar surface area (TPSA) is 80.7 Å². The molecule has 3 aromatic rings. The maximum atomic E-state index is 12.7. The Kier molecular flexibility index (Phi) is 5.57. The summed E-state index contributed by atoms with van der Waals surface area (Å²) >= 11 is 0. The minimum atomic E-state index is -3.82. The van der Waals surface area contributed by atoms with E-state index in [2.05, 4.69) is 0 Å². The molecule has 3 aromatic carbocycles. The number of carbonyl (C=O) groups excluding carboxylic acids is 1. The fourth-order valence-electron chi connectivity index (χ4n) is 2.57. The molecule has 6 heteroatoms. The van der Waals surface area contributed by atoms with Crippen molar-refractivity contribution < 1.29 is 23.1 Å². The number of phenolic OH excluding ortho intramolecular Hbond substituents is 1. The first-order valence-corrected chi connectivity index (χ1v) is 9.92. The lowest BCUT2D eigenvalue weighted by atomic mass is 10.2. The van der Waals surface area contributed by atoms with Crippen molar-refractivity contribution >= 4 is 15.8 Å². The van der Waals surface area contributed by atoms with Crippen LogP contribution in [0.15, 0.2) is 83.8 Å². The highest BCUT2D eigenvalue weighted by molar-refractivity contribution is 7.90. The third-order valence-electron chi connectivity index (χ3n) is 3.94. The number of aromatic hydroxyl groups is 1. The number of esters is 1. The van der Waals surface area contributed by atoms with Gasteiger partial charge in [0.1, 0.15) is 17.3 Å². The third-order valence-corrected chi connectivity index (χ3v) is 5.65. The van der Waals surface area contributed by atoms with Crippen LogP contribution in [0.3, 0.4) is 0 Å². The van der Waals surface area contributed by atoms with Gasteiger partial charge in [-0.2, -0.15) is 0 Å². The highest BCUT2D eigenvalue weighted by Crippen LogP contribution is 2.27. The van der Waals surface area contributed by atoms with Gasteiger partial charge < -0.3 is 9.84 Å². The van der Waals surface area contributed by atoms with Crippen LogP contribution in [0.1, 0.15) is 21.5 Å². The Bertz CT molecular complexity index is 1030. The first kappa shape index (κ1) is 18.7. The zero-order valence-electron chi connectivity index (χ0n) is 14.4. The second kappa shape index (κ2) is 8.05. The lowest BCUT2D eigenvalue weighted by Crippen LogP contribution is -2.09. The molecular weight excluding hydrogens is 364 g/mol. The quantitative estimate of drug-likeness (QED) is 0.657. The van der Waals surface area contributed by atoms with Crippen LogP contribution in [0.5, 0.6) is 5.75 Å². The summed E-state index contributed by atoms with van der Waals surface area (Å²) in [6.45, 7) is 0.0760. The molecule has 3 rings (SSSR count). The summed E-state index contributed by atoms with van der Waals surface area (Å²) in [6, 6.07) is 21.5. The molecule has 0 radical (unpaired) electrons. The summed E-state index contributed by atoms with van der Waals surface area (Å²) in [6.07, 6.45) is 0. The van der Waals surface area contributed by atoms with Gasteiger partial charge in [-0.05, 0) is 29.3 Å². The average molecular weight is 382 g/mol. The number of ether oxygens (including phenoxy) is 1. The number of hydrogen-bond acceptors (Lipinski definition) is 5. The number of rotatable bonds is 6. The van der Waals surface area contributed by atoms with Crippen LogP contribution in [0.2, 0.25) is 0 Å². The van der Waals surface area contributed by atoms with E-state index in [1.54, 1.807) is 30.3 Å². The highest BCUT2D eigenvalue weighted by Gasteiger charge is 2.22. The van der Waals surface area contributed by atoms with Gasteiger partial charge in [0, 0.05) is 0 Å². The molecule has 0 atom stereocenters. The van der Waals surface area contributed by atoms with Gasteiger partial charge >= 0.3 is 5.97 Å². The highest BCUT2D eigenvalue weighted by atomic mass is 32.2.